The number of hydrogen-bond acceptors (Lipinski definition) is 2. The maximum absolute atomic E-state index is 11.8. The van der Waals surface area contributed by atoms with Gasteiger partial charge in [-0.15, -0.1) is 0 Å². The second-order valence-electron chi connectivity index (χ2n) is 5.48. The minimum absolute atomic E-state index is 0.0377. The first-order valence-corrected chi connectivity index (χ1v) is 7.72. The molecule has 0 bridgehead atoms. The van der Waals surface area contributed by atoms with Gasteiger partial charge in [-0.1, -0.05) is 61.5 Å². The first kappa shape index (κ1) is 16.1. The number of amides is 1. The van der Waals surface area contributed by atoms with Crippen molar-refractivity contribution in [3.8, 4) is 0 Å². The number of rotatable bonds is 6. The number of ether oxygens (including phenoxy) is 1. The van der Waals surface area contributed by atoms with E-state index in [2.05, 4.69) is 36.5 Å². The van der Waals surface area contributed by atoms with Gasteiger partial charge in [0.2, 0.25) is 0 Å². The molecule has 1 amide bonds. The average Bonchev–Trinajstić information content (AvgIpc) is 2.54. The van der Waals surface area contributed by atoms with Crippen LogP contribution in [0.1, 0.15) is 30.5 Å². The van der Waals surface area contributed by atoms with Crippen molar-refractivity contribution < 1.29 is 9.53 Å². The summed E-state index contributed by atoms with van der Waals surface area (Å²) in [5, 5.41) is 2.87. The van der Waals surface area contributed by atoms with Crippen LogP contribution in [-0.2, 0) is 24.2 Å². The van der Waals surface area contributed by atoms with E-state index in [0.717, 1.165) is 18.4 Å². The Morgan fingerprint density at radius 1 is 1.00 bits per heavy atom. The molecule has 1 unspecified atom stereocenters. The van der Waals surface area contributed by atoms with Crippen molar-refractivity contribution in [1.29, 1.82) is 0 Å². The Morgan fingerprint density at radius 2 is 1.64 bits per heavy atom. The normalized spacial score (nSPS) is 11.7. The molecule has 0 saturated carbocycles. The number of hydrogen-bond donors (Lipinski definition) is 1. The highest BCUT2D eigenvalue weighted by molar-refractivity contribution is 5.67. The lowest BCUT2D eigenvalue weighted by Crippen LogP contribution is -2.34. The lowest BCUT2D eigenvalue weighted by atomic mass is 10.0. The van der Waals surface area contributed by atoms with Crippen molar-refractivity contribution in [3.05, 3.63) is 71.3 Å². The van der Waals surface area contributed by atoms with Crippen LogP contribution in [0.15, 0.2) is 54.6 Å². The van der Waals surface area contributed by atoms with Gasteiger partial charge in [-0.2, -0.15) is 0 Å². The van der Waals surface area contributed by atoms with Gasteiger partial charge in [0.25, 0.3) is 0 Å². The monoisotopic (exact) mass is 297 g/mol. The van der Waals surface area contributed by atoms with Gasteiger partial charge in [0.05, 0.1) is 0 Å². The van der Waals surface area contributed by atoms with E-state index < -0.39 is 0 Å². The highest BCUT2D eigenvalue weighted by Crippen LogP contribution is 2.08. The van der Waals surface area contributed by atoms with Gasteiger partial charge in [-0.05, 0) is 36.5 Å². The molecule has 0 saturated heterocycles. The number of carbonyl (C=O) groups excluding carboxylic acids is 1. The van der Waals surface area contributed by atoms with E-state index in [4.69, 9.17) is 4.74 Å². The van der Waals surface area contributed by atoms with Gasteiger partial charge in [0.1, 0.15) is 6.61 Å². The van der Waals surface area contributed by atoms with Gasteiger partial charge in [-0.25, -0.2) is 4.79 Å². The van der Waals surface area contributed by atoms with Crippen LogP contribution < -0.4 is 5.32 Å². The lowest BCUT2D eigenvalue weighted by molar-refractivity contribution is 0.136. The summed E-state index contributed by atoms with van der Waals surface area (Å²) in [4.78, 5) is 11.8. The molecule has 0 radical (unpaired) electrons. The smallest absolute Gasteiger partial charge is 0.407 e. The van der Waals surface area contributed by atoms with Crippen LogP contribution in [0.5, 0.6) is 0 Å². The van der Waals surface area contributed by atoms with Gasteiger partial charge >= 0.3 is 6.09 Å². The summed E-state index contributed by atoms with van der Waals surface area (Å²) in [6.07, 6.45) is 1.46. The highest BCUT2D eigenvalue weighted by Gasteiger charge is 2.09. The van der Waals surface area contributed by atoms with Gasteiger partial charge in [-0.3, -0.25) is 0 Å². The van der Waals surface area contributed by atoms with Crippen LogP contribution >= 0.6 is 0 Å². The quantitative estimate of drug-likeness (QED) is 0.871. The Hall–Kier alpha value is -2.29. The molecule has 2 rings (SSSR count). The van der Waals surface area contributed by atoms with E-state index in [0.29, 0.717) is 6.61 Å². The van der Waals surface area contributed by atoms with Crippen molar-refractivity contribution in [1.82, 2.24) is 5.32 Å². The summed E-state index contributed by atoms with van der Waals surface area (Å²) in [7, 11) is 0. The van der Waals surface area contributed by atoms with E-state index in [-0.39, 0.29) is 12.1 Å². The molecular formula is C19H23NO2. The highest BCUT2D eigenvalue weighted by atomic mass is 16.5. The Balaban J connectivity index is 1.75. The fourth-order valence-corrected chi connectivity index (χ4v) is 2.28. The largest absolute Gasteiger partial charge is 0.445 e. The first-order valence-electron chi connectivity index (χ1n) is 7.72. The SMILES string of the molecule is CCc1ccc(CC(C)NC(=O)OCc2ccccc2)cc1. The summed E-state index contributed by atoms with van der Waals surface area (Å²) >= 11 is 0. The van der Waals surface area contributed by atoms with Crippen LogP contribution in [0.25, 0.3) is 0 Å². The van der Waals surface area contributed by atoms with E-state index >= 15 is 0 Å². The second-order valence-corrected chi connectivity index (χ2v) is 5.48. The zero-order valence-corrected chi connectivity index (χ0v) is 13.2. The van der Waals surface area contributed by atoms with Gasteiger partial charge < -0.3 is 10.1 Å². The van der Waals surface area contributed by atoms with Crippen molar-refractivity contribution in [2.75, 3.05) is 0 Å². The van der Waals surface area contributed by atoms with Crippen molar-refractivity contribution in [2.24, 2.45) is 0 Å². The van der Waals surface area contributed by atoms with E-state index in [1.807, 2.05) is 37.3 Å². The van der Waals surface area contributed by atoms with Crippen molar-refractivity contribution in [3.63, 3.8) is 0 Å². The summed E-state index contributed by atoms with van der Waals surface area (Å²) in [5.41, 5.74) is 3.53. The minimum atomic E-state index is -0.374. The Labute approximate surface area is 132 Å². The molecule has 2 aromatic carbocycles. The maximum atomic E-state index is 11.8. The molecule has 0 aliphatic rings. The predicted molar refractivity (Wildman–Crippen MR) is 88.7 cm³/mol. The molecule has 1 atom stereocenters. The average molecular weight is 297 g/mol. The molecular weight excluding hydrogens is 274 g/mol. The summed E-state index contributed by atoms with van der Waals surface area (Å²) in [6, 6.07) is 18.2. The minimum Gasteiger partial charge on any atom is -0.445 e. The van der Waals surface area contributed by atoms with Crippen molar-refractivity contribution >= 4 is 6.09 Å². The first-order chi connectivity index (χ1) is 10.7. The standard InChI is InChI=1S/C19H23NO2/c1-3-16-9-11-17(12-10-16)13-15(2)20-19(21)22-14-18-7-5-4-6-8-18/h4-12,15H,3,13-14H2,1-2H3,(H,20,21). The molecule has 0 aromatic heterocycles. The Kier molecular flexibility index (Phi) is 6.01. The molecule has 1 N–H and O–H groups in total. The molecule has 0 spiro atoms. The molecule has 22 heavy (non-hydrogen) atoms. The fraction of sp³-hybridized carbons (Fsp3) is 0.316. The molecule has 0 fully saturated rings. The van der Waals surface area contributed by atoms with Gasteiger partial charge in [0, 0.05) is 6.04 Å². The zero-order chi connectivity index (χ0) is 15.8. The molecule has 3 nitrogen and oxygen atoms in total. The molecule has 3 heteroatoms. The van der Waals surface area contributed by atoms with E-state index in [9.17, 15) is 4.79 Å². The van der Waals surface area contributed by atoms with Gasteiger partial charge in [0.15, 0.2) is 0 Å². The second kappa shape index (κ2) is 8.23. The number of alkyl carbamates (subject to hydrolysis) is 1. The maximum Gasteiger partial charge on any atom is 0.407 e. The zero-order valence-electron chi connectivity index (χ0n) is 13.2. The molecule has 116 valence electrons. The number of carbonyl (C=O) groups is 1. The number of benzene rings is 2. The summed E-state index contributed by atoms with van der Waals surface area (Å²) < 4.78 is 5.22. The number of aryl methyl sites for hydroxylation is 1. The lowest BCUT2D eigenvalue weighted by Gasteiger charge is -2.14. The summed E-state index contributed by atoms with van der Waals surface area (Å²) in [6.45, 7) is 4.42. The van der Waals surface area contributed by atoms with Crippen LogP contribution in [0, 0.1) is 0 Å². The third-order valence-corrected chi connectivity index (χ3v) is 3.55. The summed E-state index contributed by atoms with van der Waals surface area (Å²) in [5.74, 6) is 0. The third kappa shape index (κ3) is 5.24. The number of nitrogens with one attached hydrogen (secondary N) is 1. The molecule has 2 aromatic rings. The van der Waals surface area contributed by atoms with Crippen LogP contribution in [0.3, 0.4) is 0 Å². The Morgan fingerprint density at radius 3 is 2.27 bits per heavy atom. The predicted octanol–water partition coefficient (Wildman–Crippen LogP) is 4.11. The van der Waals surface area contributed by atoms with Crippen LogP contribution in [-0.4, -0.2) is 12.1 Å². The van der Waals surface area contributed by atoms with E-state index in [1.54, 1.807) is 0 Å². The fourth-order valence-electron chi connectivity index (χ4n) is 2.28. The topological polar surface area (TPSA) is 38.3 Å². The molecule has 0 heterocycles. The Bertz CT molecular complexity index is 578. The van der Waals surface area contributed by atoms with Crippen LogP contribution in [0.4, 0.5) is 4.79 Å². The van der Waals surface area contributed by atoms with Crippen LogP contribution in [0.2, 0.25) is 0 Å². The molecule has 0 aliphatic carbocycles. The third-order valence-electron chi connectivity index (χ3n) is 3.55. The van der Waals surface area contributed by atoms with E-state index in [1.165, 1.54) is 11.1 Å². The van der Waals surface area contributed by atoms with Crippen molar-refractivity contribution in [2.45, 2.75) is 39.3 Å². The molecule has 0 aliphatic heterocycles.